The van der Waals surface area contributed by atoms with Crippen LogP contribution in [0.25, 0.3) is 10.8 Å². The van der Waals surface area contributed by atoms with Crippen LogP contribution in [0.2, 0.25) is 0 Å². The Kier molecular flexibility index (Phi) is 6.89. The van der Waals surface area contributed by atoms with E-state index in [-0.39, 0.29) is 23.6 Å². The molecule has 0 saturated heterocycles. The highest BCUT2D eigenvalue weighted by molar-refractivity contribution is 6.04. The van der Waals surface area contributed by atoms with Crippen LogP contribution in [-0.4, -0.2) is 28.1 Å². The zero-order chi connectivity index (χ0) is 20.6. The number of hydrogen-bond donors (Lipinski definition) is 0. The zero-order valence-electron chi connectivity index (χ0n) is 16.5. The fraction of sp³-hybridized carbons (Fsp3) is 0.304. The summed E-state index contributed by atoms with van der Waals surface area (Å²) in [6.45, 7) is 2.17. The van der Waals surface area contributed by atoms with Crippen LogP contribution in [0.1, 0.15) is 53.5 Å². The number of fused-ring (bicyclic) bond motifs is 1. The predicted octanol–water partition coefficient (Wildman–Crippen LogP) is 4.02. The van der Waals surface area contributed by atoms with Gasteiger partial charge in [-0.25, -0.2) is 9.48 Å². The van der Waals surface area contributed by atoms with E-state index >= 15 is 0 Å². The summed E-state index contributed by atoms with van der Waals surface area (Å²) in [6, 6.07) is 15.5. The van der Waals surface area contributed by atoms with Gasteiger partial charge in [0.15, 0.2) is 18.1 Å². The highest BCUT2D eigenvalue weighted by atomic mass is 16.5. The fourth-order valence-electron chi connectivity index (χ4n) is 3.13. The third-order valence-electron chi connectivity index (χ3n) is 4.71. The first-order chi connectivity index (χ1) is 14.1. The van der Waals surface area contributed by atoms with Crippen LogP contribution in [0.3, 0.4) is 0 Å². The van der Waals surface area contributed by atoms with Crippen LogP contribution in [0.15, 0.2) is 59.4 Å². The monoisotopic (exact) mass is 392 g/mol. The summed E-state index contributed by atoms with van der Waals surface area (Å²) in [5, 5.41) is 5.11. The summed E-state index contributed by atoms with van der Waals surface area (Å²) in [5.41, 5.74) is 0.296. The maximum Gasteiger partial charge on any atom is 0.359 e. The second-order valence-electron chi connectivity index (χ2n) is 6.85. The summed E-state index contributed by atoms with van der Waals surface area (Å²) in [6.07, 6.45) is 3.97. The maximum absolute atomic E-state index is 12.7. The molecule has 0 unspecified atom stereocenters. The molecular formula is C23H24N2O4. The van der Waals surface area contributed by atoms with Gasteiger partial charge in [-0.3, -0.25) is 9.59 Å². The van der Waals surface area contributed by atoms with E-state index in [1.165, 1.54) is 4.68 Å². The van der Waals surface area contributed by atoms with Gasteiger partial charge in [-0.1, -0.05) is 74.7 Å². The van der Waals surface area contributed by atoms with E-state index in [9.17, 15) is 14.4 Å². The normalized spacial score (nSPS) is 10.8. The first kappa shape index (κ1) is 20.5. The van der Waals surface area contributed by atoms with Gasteiger partial charge in [0.1, 0.15) is 0 Å². The van der Waals surface area contributed by atoms with E-state index in [4.69, 9.17) is 4.74 Å². The van der Waals surface area contributed by atoms with Crippen LogP contribution in [0.4, 0.5) is 0 Å². The number of benzene rings is 2. The molecule has 0 spiro atoms. The number of ketones is 1. The van der Waals surface area contributed by atoms with Crippen LogP contribution in [-0.2, 0) is 11.3 Å². The molecule has 0 radical (unpaired) electrons. The maximum atomic E-state index is 12.7. The Balaban J connectivity index is 1.83. The molecule has 6 heteroatoms. The third-order valence-corrected chi connectivity index (χ3v) is 4.71. The second-order valence-corrected chi connectivity index (χ2v) is 6.85. The van der Waals surface area contributed by atoms with E-state index in [0.29, 0.717) is 22.9 Å². The number of esters is 1. The Labute approximate surface area is 169 Å². The molecule has 0 bridgehead atoms. The molecule has 29 heavy (non-hydrogen) atoms. The minimum Gasteiger partial charge on any atom is -0.452 e. The van der Waals surface area contributed by atoms with Gasteiger partial charge in [0.05, 0.1) is 5.39 Å². The van der Waals surface area contributed by atoms with Crippen molar-refractivity contribution in [2.45, 2.75) is 39.2 Å². The molecular weight excluding hydrogens is 368 g/mol. The lowest BCUT2D eigenvalue weighted by molar-refractivity contribution is 0.0468. The SMILES string of the molecule is CCCCCCn1nc(C(=O)OCC(=O)c2ccccc2)c2ccccc2c1=O. The number of carbonyl (C=O) groups is 2. The molecule has 2 aromatic carbocycles. The molecule has 0 N–H and O–H groups in total. The highest BCUT2D eigenvalue weighted by Crippen LogP contribution is 2.15. The molecule has 3 aromatic rings. The van der Waals surface area contributed by atoms with Crippen molar-refractivity contribution in [1.29, 1.82) is 0 Å². The van der Waals surface area contributed by atoms with Gasteiger partial charge in [-0.15, -0.1) is 0 Å². The van der Waals surface area contributed by atoms with E-state index < -0.39 is 5.97 Å². The number of hydrogen-bond acceptors (Lipinski definition) is 5. The van der Waals surface area contributed by atoms with Crippen LogP contribution in [0.5, 0.6) is 0 Å². The second kappa shape index (κ2) is 9.78. The summed E-state index contributed by atoms with van der Waals surface area (Å²) in [5.74, 6) is -1.01. The minimum atomic E-state index is -0.715. The Morgan fingerprint density at radius 2 is 1.62 bits per heavy atom. The van der Waals surface area contributed by atoms with E-state index in [0.717, 1.165) is 25.7 Å². The average molecular weight is 392 g/mol. The van der Waals surface area contributed by atoms with Gasteiger partial charge in [-0.05, 0) is 12.5 Å². The van der Waals surface area contributed by atoms with Crippen LogP contribution >= 0.6 is 0 Å². The lowest BCUT2D eigenvalue weighted by Gasteiger charge is -2.11. The Hall–Kier alpha value is -3.28. The van der Waals surface area contributed by atoms with Crippen molar-refractivity contribution in [1.82, 2.24) is 9.78 Å². The minimum absolute atomic E-state index is 0.0524. The molecule has 0 fully saturated rings. The standard InChI is InChI=1S/C23H24N2O4/c1-2-3-4-10-15-25-22(27)19-14-9-8-13-18(19)21(24-25)23(28)29-16-20(26)17-11-6-5-7-12-17/h5-9,11-14H,2-4,10,15-16H2,1H3. The number of unbranched alkanes of at least 4 members (excludes halogenated alkanes) is 3. The number of Topliss-reactive ketones (excluding diaryl/α,β-unsaturated/α-hetero) is 1. The summed E-state index contributed by atoms with van der Waals surface area (Å²) in [4.78, 5) is 37.6. The smallest absolute Gasteiger partial charge is 0.359 e. The number of aromatic nitrogens is 2. The Morgan fingerprint density at radius 3 is 2.34 bits per heavy atom. The summed E-state index contributed by atoms with van der Waals surface area (Å²) >= 11 is 0. The summed E-state index contributed by atoms with van der Waals surface area (Å²) in [7, 11) is 0. The molecule has 0 atom stereocenters. The number of aryl methyl sites for hydroxylation is 1. The van der Waals surface area contributed by atoms with Crippen molar-refractivity contribution in [3.63, 3.8) is 0 Å². The van der Waals surface area contributed by atoms with Gasteiger partial charge in [0.2, 0.25) is 0 Å². The van der Waals surface area contributed by atoms with Crippen LogP contribution < -0.4 is 5.56 Å². The van der Waals surface area contributed by atoms with Gasteiger partial charge in [-0.2, -0.15) is 5.10 Å². The quantitative estimate of drug-likeness (QED) is 0.312. The van der Waals surface area contributed by atoms with Crippen molar-refractivity contribution in [2.24, 2.45) is 0 Å². The van der Waals surface area contributed by atoms with Gasteiger partial charge in [0.25, 0.3) is 5.56 Å². The molecule has 6 nitrogen and oxygen atoms in total. The number of rotatable bonds is 9. The van der Waals surface area contributed by atoms with Gasteiger partial charge < -0.3 is 4.74 Å². The molecule has 0 aliphatic heterocycles. The zero-order valence-corrected chi connectivity index (χ0v) is 16.5. The van der Waals surface area contributed by atoms with E-state index in [1.54, 1.807) is 48.5 Å². The molecule has 150 valence electrons. The van der Waals surface area contributed by atoms with Gasteiger partial charge in [0, 0.05) is 17.5 Å². The molecule has 0 aliphatic carbocycles. The number of nitrogens with zero attached hydrogens (tertiary/aromatic N) is 2. The average Bonchev–Trinajstić information content (AvgIpc) is 2.77. The summed E-state index contributed by atoms with van der Waals surface area (Å²) < 4.78 is 6.55. The molecule has 3 rings (SSSR count). The lowest BCUT2D eigenvalue weighted by Crippen LogP contribution is -2.27. The molecule has 1 heterocycles. The largest absolute Gasteiger partial charge is 0.452 e. The third kappa shape index (κ3) is 4.96. The fourth-order valence-corrected chi connectivity index (χ4v) is 3.13. The van der Waals surface area contributed by atoms with Crippen LogP contribution in [0, 0.1) is 0 Å². The van der Waals surface area contributed by atoms with Gasteiger partial charge >= 0.3 is 5.97 Å². The molecule has 0 saturated carbocycles. The Morgan fingerprint density at radius 1 is 0.931 bits per heavy atom. The Bertz CT molecular complexity index is 1060. The molecule has 1 aromatic heterocycles. The van der Waals surface area contributed by atoms with Crippen molar-refractivity contribution in [3.05, 3.63) is 76.2 Å². The van der Waals surface area contributed by atoms with E-state index in [1.807, 2.05) is 6.07 Å². The van der Waals surface area contributed by atoms with Crippen molar-refractivity contribution < 1.29 is 14.3 Å². The van der Waals surface area contributed by atoms with Crippen molar-refractivity contribution in [2.75, 3.05) is 6.61 Å². The molecule has 0 aliphatic rings. The lowest BCUT2D eigenvalue weighted by atomic mass is 10.1. The topological polar surface area (TPSA) is 78.3 Å². The predicted molar refractivity (Wildman–Crippen MR) is 111 cm³/mol. The molecule has 0 amide bonds. The van der Waals surface area contributed by atoms with Crippen molar-refractivity contribution >= 4 is 22.5 Å². The number of ether oxygens (including phenoxy) is 1. The first-order valence-corrected chi connectivity index (χ1v) is 9.87. The first-order valence-electron chi connectivity index (χ1n) is 9.87. The van der Waals surface area contributed by atoms with E-state index in [2.05, 4.69) is 12.0 Å². The van der Waals surface area contributed by atoms with Crippen molar-refractivity contribution in [3.8, 4) is 0 Å². The highest BCUT2D eigenvalue weighted by Gasteiger charge is 2.19. The number of carbonyl (C=O) groups excluding carboxylic acids is 2.